The molecule has 0 aromatic carbocycles. The lowest BCUT2D eigenvalue weighted by Crippen LogP contribution is -2.28. The van der Waals surface area contributed by atoms with Gasteiger partial charge in [-0.2, -0.15) is 4.98 Å². The summed E-state index contributed by atoms with van der Waals surface area (Å²) in [5.41, 5.74) is 4.69. The van der Waals surface area contributed by atoms with Crippen molar-refractivity contribution in [1.82, 2.24) is 15.7 Å². The van der Waals surface area contributed by atoms with Crippen molar-refractivity contribution in [1.29, 1.82) is 0 Å². The van der Waals surface area contributed by atoms with Crippen LogP contribution in [0.2, 0.25) is 0 Å². The molecule has 1 fully saturated rings. The molecule has 1 saturated heterocycles. The number of nitrogen functional groups attached to an aromatic ring is 1. The molecule has 0 bridgehead atoms. The van der Waals surface area contributed by atoms with Gasteiger partial charge in [-0.1, -0.05) is 0 Å². The van der Waals surface area contributed by atoms with Crippen LogP contribution < -0.4 is 17.6 Å². The molecule has 11 nitrogen and oxygen atoms in total. The molecule has 2 heterocycles. The van der Waals surface area contributed by atoms with E-state index in [4.69, 9.17) is 25.4 Å². The fraction of sp³-hybridized carbons (Fsp3) is 0.556. The molecule has 1 aliphatic rings. The van der Waals surface area contributed by atoms with Crippen LogP contribution in [-0.4, -0.2) is 43.3 Å². The summed E-state index contributed by atoms with van der Waals surface area (Å²) in [5.74, 6) is 0.0472. The number of aliphatic hydroxyl groups is 1. The van der Waals surface area contributed by atoms with Crippen molar-refractivity contribution in [2.45, 2.75) is 24.9 Å². The number of rotatable bonds is 4. The number of hydrogen-bond donors (Lipinski definition) is 5. The normalized spacial score (nSPS) is 25.6. The number of ether oxygens (including phenoxy) is 1. The van der Waals surface area contributed by atoms with Gasteiger partial charge in [-0.15, -0.1) is 0 Å². The molecule has 0 aliphatic carbocycles. The third-order valence-electron chi connectivity index (χ3n) is 2.79. The second-order valence-corrected chi connectivity index (χ2v) is 5.42. The predicted molar refractivity (Wildman–Crippen MR) is 70.5 cm³/mol. The van der Waals surface area contributed by atoms with Gasteiger partial charge in [0.25, 0.3) is 0 Å². The quantitative estimate of drug-likeness (QED) is 0.417. The van der Waals surface area contributed by atoms with Crippen LogP contribution in [0.3, 0.4) is 0 Å². The monoisotopic (exact) mass is 324 g/mol. The Balaban J connectivity index is 0.00000220. The highest BCUT2D eigenvalue weighted by molar-refractivity contribution is 7.46. The van der Waals surface area contributed by atoms with Gasteiger partial charge in [-0.3, -0.25) is 9.09 Å². The Bertz CT molecular complexity index is 588. The molecular weight excluding hydrogens is 307 g/mol. The van der Waals surface area contributed by atoms with Gasteiger partial charge < -0.3 is 31.5 Å². The van der Waals surface area contributed by atoms with Gasteiger partial charge >= 0.3 is 13.5 Å². The largest absolute Gasteiger partial charge is 0.469 e. The molecule has 21 heavy (non-hydrogen) atoms. The first-order valence-corrected chi connectivity index (χ1v) is 7.18. The SMILES string of the molecule is N.Nc1ccn([C@H]2C[C@H](OP(=O)(O)O)[C@@H](CO)O2)c(=O)n1. The number of aromatic nitrogens is 2. The Hall–Kier alpha value is -1.33. The summed E-state index contributed by atoms with van der Waals surface area (Å²) in [4.78, 5) is 32.8. The Morgan fingerprint density at radius 2 is 2.24 bits per heavy atom. The third kappa shape index (κ3) is 4.32. The fourth-order valence-electron chi connectivity index (χ4n) is 1.97. The van der Waals surface area contributed by atoms with Crippen molar-refractivity contribution in [2.75, 3.05) is 12.3 Å². The molecule has 0 amide bonds. The summed E-state index contributed by atoms with van der Waals surface area (Å²) in [6.07, 6.45) is -1.48. The number of phosphoric acid groups is 1. The highest BCUT2D eigenvalue weighted by Crippen LogP contribution is 2.43. The number of hydrogen-bond acceptors (Lipinski definition) is 8. The van der Waals surface area contributed by atoms with E-state index < -0.39 is 38.6 Å². The van der Waals surface area contributed by atoms with Crippen LogP contribution in [0.4, 0.5) is 5.82 Å². The second kappa shape index (κ2) is 6.62. The summed E-state index contributed by atoms with van der Waals surface area (Å²) in [6, 6.07) is 1.38. The molecule has 12 heteroatoms. The van der Waals surface area contributed by atoms with Crippen molar-refractivity contribution in [3.63, 3.8) is 0 Å². The molecular formula is C9H17N4O7P. The Morgan fingerprint density at radius 3 is 2.76 bits per heavy atom. The summed E-state index contributed by atoms with van der Waals surface area (Å²) in [6.45, 7) is -0.502. The number of aliphatic hydroxyl groups excluding tert-OH is 1. The lowest BCUT2D eigenvalue weighted by molar-refractivity contribution is -0.0452. The van der Waals surface area contributed by atoms with E-state index in [-0.39, 0.29) is 18.4 Å². The highest BCUT2D eigenvalue weighted by atomic mass is 31.2. The van der Waals surface area contributed by atoms with E-state index in [9.17, 15) is 9.36 Å². The van der Waals surface area contributed by atoms with Crippen LogP contribution in [0, 0.1) is 0 Å². The van der Waals surface area contributed by atoms with Gasteiger partial charge in [-0.25, -0.2) is 9.36 Å². The zero-order chi connectivity index (χ0) is 14.9. The predicted octanol–water partition coefficient (Wildman–Crippen LogP) is -1.25. The first kappa shape index (κ1) is 17.7. The first-order chi connectivity index (χ1) is 9.30. The molecule has 0 unspecified atom stereocenters. The molecule has 0 saturated carbocycles. The molecule has 1 aliphatic heterocycles. The van der Waals surface area contributed by atoms with Gasteiger partial charge in [-0.05, 0) is 6.07 Å². The van der Waals surface area contributed by atoms with Crippen LogP contribution in [0.5, 0.6) is 0 Å². The van der Waals surface area contributed by atoms with Crippen LogP contribution in [0.1, 0.15) is 12.6 Å². The van der Waals surface area contributed by atoms with E-state index in [0.717, 1.165) is 4.57 Å². The maximum absolute atomic E-state index is 11.6. The van der Waals surface area contributed by atoms with E-state index in [2.05, 4.69) is 9.51 Å². The van der Waals surface area contributed by atoms with E-state index in [0.29, 0.717) is 0 Å². The standard InChI is InChI=1S/C9H14N3O7P.H3N/c10-7-1-2-12(9(14)11-7)8-3-5(6(4-13)18-8)19-20(15,16)17;/h1-2,5-6,8,13H,3-4H2,(H2,10,11,14)(H2,15,16,17);1H3/t5-,6+,8+;/m0./s1. The minimum atomic E-state index is -4.72. The van der Waals surface area contributed by atoms with Crippen LogP contribution in [0.15, 0.2) is 17.1 Å². The highest BCUT2D eigenvalue weighted by Gasteiger charge is 2.40. The number of nitrogens with two attached hydrogens (primary N) is 1. The fourth-order valence-corrected chi connectivity index (χ4v) is 2.54. The summed E-state index contributed by atoms with van der Waals surface area (Å²) < 4.78 is 21.8. The van der Waals surface area contributed by atoms with Crippen molar-refractivity contribution >= 4 is 13.6 Å². The lowest BCUT2D eigenvalue weighted by Gasteiger charge is -2.16. The molecule has 1 aromatic rings. The van der Waals surface area contributed by atoms with Crippen LogP contribution >= 0.6 is 7.82 Å². The molecule has 8 N–H and O–H groups in total. The van der Waals surface area contributed by atoms with Gasteiger partial charge in [0, 0.05) is 12.6 Å². The van der Waals surface area contributed by atoms with Crippen LogP contribution in [0.25, 0.3) is 0 Å². The van der Waals surface area contributed by atoms with E-state index >= 15 is 0 Å². The first-order valence-electron chi connectivity index (χ1n) is 5.65. The molecule has 3 atom stereocenters. The van der Waals surface area contributed by atoms with E-state index in [1.165, 1.54) is 12.3 Å². The summed E-state index contributed by atoms with van der Waals surface area (Å²) >= 11 is 0. The summed E-state index contributed by atoms with van der Waals surface area (Å²) in [7, 11) is -4.72. The van der Waals surface area contributed by atoms with Gasteiger partial charge in [0.1, 0.15) is 24.3 Å². The average molecular weight is 324 g/mol. The van der Waals surface area contributed by atoms with Gasteiger partial charge in [0.05, 0.1) is 6.61 Å². The molecule has 120 valence electrons. The Kier molecular flexibility index (Phi) is 5.59. The van der Waals surface area contributed by atoms with Crippen molar-refractivity contribution in [2.24, 2.45) is 0 Å². The number of phosphoric ester groups is 1. The van der Waals surface area contributed by atoms with E-state index in [1.807, 2.05) is 0 Å². The topological polar surface area (TPSA) is 192 Å². The van der Waals surface area contributed by atoms with Crippen molar-refractivity contribution in [3.05, 3.63) is 22.7 Å². The second-order valence-electron chi connectivity index (χ2n) is 4.22. The van der Waals surface area contributed by atoms with Gasteiger partial charge in [0.2, 0.25) is 0 Å². The number of anilines is 1. The smallest absolute Gasteiger partial charge is 0.394 e. The zero-order valence-corrected chi connectivity index (χ0v) is 11.8. The third-order valence-corrected chi connectivity index (χ3v) is 3.34. The Morgan fingerprint density at radius 1 is 1.57 bits per heavy atom. The zero-order valence-electron chi connectivity index (χ0n) is 10.9. The molecule has 0 spiro atoms. The Labute approximate surface area is 119 Å². The van der Waals surface area contributed by atoms with Gasteiger partial charge in [0.15, 0.2) is 0 Å². The molecule has 0 radical (unpaired) electrons. The number of nitrogens with zero attached hydrogens (tertiary/aromatic N) is 2. The minimum Gasteiger partial charge on any atom is -0.394 e. The van der Waals surface area contributed by atoms with Crippen LogP contribution in [-0.2, 0) is 13.8 Å². The maximum atomic E-state index is 11.6. The lowest BCUT2D eigenvalue weighted by atomic mass is 10.2. The summed E-state index contributed by atoms with van der Waals surface area (Å²) in [5, 5.41) is 9.13. The average Bonchev–Trinajstić information content (AvgIpc) is 2.69. The van der Waals surface area contributed by atoms with E-state index in [1.54, 1.807) is 0 Å². The maximum Gasteiger partial charge on any atom is 0.469 e. The molecule has 1 aromatic heterocycles. The molecule has 2 rings (SSSR count). The van der Waals surface area contributed by atoms with Crippen molar-refractivity contribution in [3.8, 4) is 0 Å². The minimum absolute atomic E-state index is 0. The van der Waals surface area contributed by atoms with Crippen molar-refractivity contribution < 1.29 is 28.7 Å².